The number of ether oxygens (including phenoxy) is 1. The van der Waals surface area contributed by atoms with E-state index >= 15 is 0 Å². The molecule has 1 aliphatic heterocycles. The van der Waals surface area contributed by atoms with Crippen molar-refractivity contribution in [3.8, 4) is 5.75 Å². The quantitative estimate of drug-likeness (QED) is 0.680. The Morgan fingerprint density at radius 1 is 1.50 bits per heavy atom. The first-order valence-corrected chi connectivity index (χ1v) is 7.45. The minimum absolute atomic E-state index is 0.0534. The van der Waals surface area contributed by atoms with Crippen LogP contribution in [0.3, 0.4) is 0 Å². The van der Waals surface area contributed by atoms with Crippen LogP contribution in [0.2, 0.25) is 0 Å². The number of carbonyl (C=O) groups is 1. The Hall–Kier alpha value is -1.77. The Kier molecular flexibility index (Phi) is 3.89. The number of hydrogen-bond donors (Lipinski definition) is 4. The second-order valence-electron chi connectivity index (χ2n) is 4.28. The van der Waals surface area contributed by atoms with E-state index in [0.717, 1.165) is 0 Å². The van der Waals surface area contributed by atoms with Crippen LogP contribution in [-0.2, 0) is 4.79 Å². The molecule has 1 aromatic carbocycles. The van der Waals surface area contributed by atoms with E-state index in [4.69, 9.17) is 9.84 Å². The summed E-state index contributed by atoms with van der Waals surface area (Å²) >= 11 is 0. The van der Waals surface area contributed by atoms with Crippen molar-refractivity contribution in [2.75, 3.05) is 12.4 Å². The molecule has 0 spiro atoms. The Labute approximate surface area is 117 Å². The molecule has 110 valence electrons. The van der Waals surface area contributed by atoms with Gasteiger partial charge in [-0.1, -0.05) is 17.7 Å². The lowest BCUT2D eigenvalue weighted by molar-refractivity contribution is -0.139. The lowest BCUT2D eigenvalue weighted by Gasteiger charge is -2.35. The molecule has 20 heavy (non-hydrogen) atoms. The van der Waals surface area contributed by atoms with Crippen LogP contribution in [0.1, 0.15) is 13.3 Å². The van der Waals surface area contributed by atoms with Gasteiger partial charge >= 0.3 is 5.97 Å². The maximum atomic E-state index is 11.2. The van der Waals surface area contributed by atoms with E-state index in [0.29, 0.717) is 17.9 Å². The predicted octanol–water partition coefficient (Wildman–Crippen LogP) is 2.65. The fourth-order valence-electron chi connectivity index (χ4n) is 1.94. The van der Waals surface area contributed by atoms with Crippen LogP contribution >= 0.6 is 10.8 Å². The van der Waals surface area contributed by atoms with E-state index in [1.807, 2.05) is 0 Å². The number of nitrogens with one attached hydrogen (secondary N) is 1. The van der Waals surface area contributed by atoms with Gasteiger partial charge in [-0.3, -0.25) is 13.9 Å². The predicted molar refractivity (Wildman–Crippen MR) is 76.6 cm³/mol. The fraction of sp³-hybridized carbons (Fsp3) is 0.333. The van der Waals surface area contributed by atoms with E-state index < -0.39 is 22.7 Å². The van der Waals surface area contributed by atoms with Crippen molar-refractivity contribution in [2.45, 2.75) is 18.2 Å². The topological polar surface area (TPSA) is 111 Å². The maximum absolute atomic E-state index is 11.2. The first kappa shape index (κ1) is 14.6. The molecule has 0 amide bonds. The van der Waals surface area contributed by atoms with Crippen molar-refractivity contribution >= 4 is 28.3 Å². The fourth-order valence-corrected chi connectivity index (χ4v) is 3.18. The second-order valence-corrected chi connectivity index (χ2v) is 5.94. The number of fused-ring (bicyclic) bond motifs is 1. The van der Waals surface area contributed by atoms with Crippen LogP contribution < -0.4 is 10.1 Å². The van der Waals surface area contributed by atoms with E-state index in [-0.39, 0.29) is 10.7 Å². The number of carboxylic acids is 1. The summed E-state index contributed by atoms with van der Waals surface area (Å²) in [5.74, 6) is -1.45. The van der Waals surface area contributed by atoms with Crippen molar-refractivity contribution in [1.29, 1.82) is 0 Å². The molecular weight excluding hydrogens is 284 g/mol. The largest absolute Gasteiger partial charge is 0.497 e. The highest BCUT2D eigenvalue weighted by Gasteiger charge is 2.32. The van der Waals surface area contributed by atoms with Crippen LogP contribution in [0.4, 0.5) is 5.69 Å². The third-order valence-corrected chi connectivity index (χ3v) is 4.39. The molecule has 4 N–H and O–H groups in total. The van der Waals surface area contributed by atoms with Crippen LogP contribution in [0, 0.1) is 5.92 Å². The maximum Gasteiger partial charge on any atom is 0.314 e. The molecule has 0 saturated carbocycles. The minimum atomic E-state index is -3.43. The van der Waals surface area contributed by atoms with Gasteiger partial charge in [0, 0.05) is 6.07 Å². The number of rotatable bonds is 4. The number of hydrogen-bond acceptors (Lipinski definition) is 6. The lowest BCUT2D eigenvalue weighted by atomic mass is 10.1. The van der Waals surface area contributed by atoms with Crippen LogP contribution in [0.25, 0.3) is 0 Å². The van der Waals surface area contributed by atoms with Crippen molar-refractivity contribution in [3.05, 3.63) is 18.2 Å². The summed E-state index contributed by atoms with van der Waals surface area (Å²) < 4.78 is 29.0. The standard InChI is InChI=1S/C12H16N2O5S/c1-3-8(12(15)16)11-13-9-5-4-7(19-2)6-10(9)20(17,18)14-11/h4-6,8,17-18H,3H2,1-2H3,(H,13,14)(H,15,16). The molecule has 0 aromatic heterocycles. The van der Waals surface area contributed by atoms with Crippen molar-refractivity contribution < 1.29 is 23.7 Å². The number of methoxy groups -OCH3 is 1. The van der Waals surface area contributed by atoms with Gasteiger partial charge in [0.05, 0.1) is 12.8 Å². The first-order valence-electron chi connectivity index (χ1n) is 5.95. The summed E-state index contributed by atoms with van der Waals surface area (Å²) in [5, 5.41) is 12.0. The van der Waals surface area contributed by atoms with E-state index in [1.54, 1.807) is 19.1 Å². The van der Waals surface area contributed by atoms with E-state index in [9.17, 15) is 13.9 Å². The van der Waals surface area contributed by atoms with E-state index in [2.05, 4.69) is 9.71 Å². The average Bonchev–Trinajstić information content (AvgIpc) is 2.38. The van der Waals surface area contributed by atoms with Crippen LogP contribution in [0.5, 0.6) is 5.75 Å². The normalized spacial score (nSPS) is 19.1. The molecule has 0 radical (unpaired) electrons. The van der Waals surface area contributed by atoms with Crippen LogP contribution in [-0.4, -0.2) is 33.1 Å². The minimum Gasteiger partial charge on any atom is -0.497 e. The average molecular weight is 300 g/mol. The van der Waals surface area contributed by atoms with Gasteiger partial charge in [-0.2, -0.15) is 0 Å². The molecule has 1 unspecified atom stereocenters. The van der Waals surface area contributed by atoms with Gasteiger partial charge in [0.15, 0.2) is 0 Å². The zero-order valence-electron chi connectivity index (χ0n) is 11.0. The SMILES string of the molecule is CCC(C(=O)O)C1=NS(O)(O)c2cc(OC)ccc2N1. The molecule has 1 atom stereocenters. The van der Waals surface area contributed by atoms with Gasteiger partial charge in [0.2, 0.25) is 0 Å². The van der Waals surface area contributed by atoms with E-state index in [1.165, 1.54) is 13.2 Å². The molecule has 1 heterocycles. The lowest BCUT2D eigenvalue weighted by Crippen LogP contribution is -2.32. The highest BCUT2D eigenvalue weighted by Crippen LogP contribution is 2.56. The highest BCUT2D eigenvalue weighted by molar-refractivity contribution is 8.23. The van der Waals surface area contributed by atoms with Gasteiger partial charge in [-0.25, -0.2) is 0 Å². The summed E-state index contributed by atoms with van der Waals surface area (Å²) in [7, 11) is -1.96. The third-order valence-electron chi connectivity index (χ3n) is 3.01. The Morgan fingerprint density at radius 3 is 2.75 bits per heavy atom. The molecule has 2 rings (SSSR count). The Balaban J connectivity index is 2.45. The van der Waals surface area contributed by atoms with Gasteiger partial charge in [-0.05, 0) is 18.6 Å². The summed E-state index contributed by atoms with van der Waals surface area (Å²) in [6, 6.07) is 4.72. The van der Waals surface area contributed by atoms with Gasteiger partial charge in [0.25, 0.3) is 0 Å². The Bertz CT molecular complexity index is 573. The summed E-state index contributed by atoms with van der Waals surface area (Å²) in [4.78, 5) is 11.4. The van der Waals surface area contributed by atoms with Gasteiger partial charge in [0.1, 0.15) is 22.4 Å². The number of amidine groups is 1. The highest BCUT2D eigenvalue weighted by atomic mass is 32.3. The molecule has 1 aromatic rings. The second kappa shape index (κ2) is 5.31. The monoisotopic (exact) mass is 300 g/mol. The van der Waals surface area contributed by atoms with Gasteiger partial charge < -0.3 is 15.2 Å². The number of benzene rings is 1. The molecular formula is C12H16N2O5S. The number of aliphatic carboxylic acids is 1. The molecule has 8 heteroatoms. The molecule has 0 saturated heterocycles. The zero-order valence-corrected chi connectivity index (χ0v) is 11.8. The smallest absolute Gasteiger partial charge is 0.314 e. The third kappa shape index (κ3) is 2.58. The molecule has 0 fully saturated rings. The summed E-state index contributed by atoms with van der Waals surface area (Å²) in [5.41, 5.74) is 0.426. The summed E-state index contributed by atoms with van der Waals surface area (Å²) in [6.07, 6.45) is 0.294. The molecule has 7 nitrogen and oxygen atoms in total. The van der Waals surface area contributed by atoms with Gasteiger partial charge in [-0.15, -0.1) is 4.40 Å². The van der Waals surface area contributed by atoms with Crippen molar-refractivity contribution in [3.63, 3.8) is 0 Å². The Morgan fingerprint density at radius 2 is 2.20 bits per heavy atom. The summed E-state index contributed by atoms with van der Waals surface area (Å²) in [6.45, 7) is 1.69. The number of carboxylic acid groups (broad SMARTS) is 1. The van der Waals surface area contributed by atoms with Crippen molar-refractivity contribution in [1.82, 2.24) is 0 Å². The molecule has 0 aliphatic carbocycles. The number of nitrogens with zero attached hydrogens (tertiary/aromatic N) is 1. The molecule has 1 aliphatic rings. The van der Waals surface area contributed by atoms with Crippen molar-refractivity contribution in [2.24, 2.45) is 10.3 Å². The zero-order chi connectivity index (χ0) is 14.9. The van der Waals surface area contributed by atoms with Crippen LogP contribution in [0.15, 0.2) is 27.5 Å². The first-order chi connectivity index (χ1) is 9.39. The number of anilines is 1. The molecule has 0 bridgehead atoms.